The Bertz CT molecular complexity index is 407. The highest BCUT2D eigenvalue weighted by atomic mass is 127. The summed E-state index contributed by atoms with van der Waals surface area (Å²) in [7, 11) is 3.62. The van der Waals surface area contributed by atoms with Crippen LogP contribution in [0.2, 0.25) is 0 Å². The molecule has 1 aliphatic heterocycles. The molecule has 0 bridgehead atoms. The van der Waals surface area contributed by atoms with Crippen molar-refractivity contribution in [2.24, 2.45) is 4.99 Å². The van der Waals surface area contributed by atoms with Crippen LogP contribution in [0.1, 0.15) is 51.4 Å². The number of hydrogen-bond donors (Lipinski definition) is 1. The van der Waals surface area contributed by atoms with E-state index in [1.54, 1.807) is 12.7 Å². The Morgan fingerprint density at radius 2 is 2.08 bits per heavy atom. The van der Waals surface area contributed by atoms with Crippen LogP contribution in [0.4, 0.5) is 0 Å². The fourth-order valence-corrected chi connectivity index (χ4v) is 3.49. The molecule has 1 fully saturated rings. The second kappa shape index (κ2) is 13.8. The summed E-state index contributed by atoms with van der Waals surface area (Å²) in [4.78, 5) is 6.83. The van der Waals surface area contributed by atoms with E-state index in [4.69, 9.17) is 9.47 Å². The summed E-state index contributed by atoms with van der Waals surface area (Å²) in [5.41, 5.74) is 1.62. The van der Waals surface area contributed by atoms with E-state index in [9.17, 15) is 0 Å². The molecular weight excluding hydrogens is 429 g/mol. The monoisotopic (exact) mass is 465 g/mol. The van der Waals surface area contributed by atoms with Gasteiger partial charge in [-0.2, -0.15) is 0 Å². The highest BCUT2D eigenvalue weighted by Crippen LogP contribution is 2.19. The van der Waals surface area contributed by atoms with Gasteiger partial charge >= 0.3 is 0 Å². The Balaban J connectivity index is 0.00000312. The average Bonchev–Trinajstić information content (AvgIpc) is 2.64. The Hall–Kier alpha value is -0.340. The van der Waals surface area contributed by atoms with Crippen molar-refractivity contribution in [3.63, 3.8) is 0 Å². The van der Waals surface area contributed by atoms with Gasteiger partial charge in [-0.1, -0.05) is 11.6 Å². The standard InChI is InChI=1S/C19H35N3O2.HI/c1-20-19(21-12-9-17-7-4-3-5-8-17)22-13-10-18(11-14-22)24-16-6-15-23-2;/h7,18H,3-6,8-16H2,1-2H3,(H,20,21);1H. The quantitative estimate of drug-likeness (QED) is 0.196. The topological polar surface area (TPSA) is 46.1 Å². The molecule has 25 heavy (non-hydrogen) atoms. The van der Waals surface area contributed by atoms with Crippen molar-refractivity contribution in [2.75, 3.05) is 47.0 Å². The van der Waals surface area contributed by atoms with Crippen LogP contribution in [-0.2, 0) is 9.47 Å². The zero-order valence-electron chi connectivity index (χ0n) is 16.0. The molecule has 0 spiro atoms. The lowest BCUT2D eigenvalue weighted by Crippen LogP contribution is -2.47. The fraction of sp³-hybridized carbons (Fsp3) is 0.842. The molecular formula is C19H36IN3O2. The van der Waals surface area contributed by atoms with Crippen LogP contribution in [0.5, 0.6) is 0 Å². The largest absolute Gasteiger partial charge is 0.385 e. The number of likely N-dealkylation sites (tertiary alicyclic amines) is 1. The summed E-state index contributed by atoms with van der Waals surface area (Å²) in [6, 6.07) is 0. The molecule has 2 aliphatic rings. The van der Waals surface area contributed by atoms with E-state index in [1.807, 2.05) is 7.05 Å². The molecule has 0 saturated carbocycles. The number of methoxy groups -OCH3 is 1. The summed E-state index contributed by atoms with van der Waals surface area (Å²) in [6.45, 7) is 4.63. The first-order valence-electron chi connectivity index (χ1n) is 9.57. The van der Waals surface area contributed by atoms with Crippen LogP contribution in [-0.4, -0.2) is 64.0 Å². The third kappa shape index (κ3) is 8.73. The number of halogens is 1. The van der Waals surface area contributed by atoms with Crippen LogP contribution in [0.15, 0.2) is 16.6 Å². The lowest BCUT2D eigenvalue weighted by Gasteiger charge is -2.34. The van der Waals surface area contributed by atoms with Gasteiger partial charge in [-0.3, -0.25) is 4.99 Å². The number of guanidine groups is 1. The molecule has 1 aliphatic carbocycles. The molecule has 0 unspecified atom stereocenters. The lowest BCUT2D eigenvalue weighted by atomic mass is 9.97. The SMILES string of the molecule is CN=C(NCCC1=CCCCC1)N1CCC(OCCCOC)CC1.I. The Labute approximate surface area is 170 Å². The minimum Gasteiger partial charge on any atom is -0.385 e. The van der Waals surface area contributed by atoms with Crippen molar-refractivity contribution in [1.29, 1.82) is 0 Å². The van der Waals surface area contributed by atoms with E-state index in [1.165, 1.54) is 25.7 Å². The van der Waals surface area contributed by atoms with Crippen LogP contribution in [0.25, 0.3) is 0 Å². The normalized spacial score (nSPS) is 19.4. The van der Waals surface area contributed by atoms with Gasteiger partial charge in [0.15, 0.2) is 5.96 Å². The fourth-order valence-electron chi connectivity index (χ4n) is 3.49. The number of ether oxygens (including phenoxy) is 2. The molecule has 2 rings (SSSR count). The summed E-state index contributed by atoms with van der Waals surface area (Å²) in [6.07, 6.45) is 12.4. The smallest absolute Gasteiger partial charge is 0.193 e. The van der Waals surface area contributed by atoms with Gasteiger partial charge in [0.2, 0.25) is 0 Å². The molecule has 0 aromatic carbocycles. The minimum atomic E-state index is 0. The van der Waals surface area contributed by atoms with Crippen LogP contribution in [0.3, 0.4) is 0 Å². The number of rotatable bonds is 8. The van der Waals surface area contributed by atoms with Crippen molar-refractivity contribution < 1.29 is 9.47 Å². The van der Waals surface area contributed by atoms with Crippen LogP contribution in [0, 0.1) is 0 Å². The van der Waals surface area contributed by atoms with Gasteiger partial charge in [0, 0.05) is 47.0 Å². The Morgan fingerprint density at radius 3 is 2.72 bits per heavy atom. The molecule has 1 heterocycles. The van der Waals surface area contributed by atoms with Gasteiger partial charge in [-0.05, 0) is 51.4 Å². The third-order valence-corrected chi connectivity index (χ3v) is 4.91. The molecule has 6 heteroatoms. The van der Waals surface area contributed by atoms with Gasteiger partial charge in [0.05, 0.1) is 6.10 Å². The maximum atomic E-state index is 5.93. The highest BCUT2D eigenvalue weighted by Gasteiger charge is 2.21. The first-order valence-corrected chi connectivity index (χ1v) is 9.57. The number of nitrogens with one attached hydrogen (secondary N) is 1. The van der Waals surface area contributed by atoms with Gasteiger partial charge < -0.3 is 19.7 Å². The summed E-state index contributed by atoms with van der Waals surface area (Å²) in [5.74, 6) is 1.05. The molecule has 146 valence electrons. The molecule has 1 N–H and O–H groups in total. The van der Waals surface area contributed by atoms with Gasteiger partial charge in [-0.15, -0.1) is 24.0 Å². The number of aliphatic imine (C=N–C) groups is 1. The van der Waals surface area contributed by atoms with Gasteiger partial charge in [0.25, 0.3) is 0 Å². The summed E-state index contributed by atoms with van der Waals surface area (Å²) in [5, 5.41) is 3.54. The molecule has 1 saturated heterocycles. The van der Waals surface area contributed by atoms with Crippen molar-refractivity contribution >= 4 is 29.9 Å². The van der Waals surface area contributed by atoms with E-state index in [0.29, 0.717) is 6.10 Å². The molecule has 0 atom stereocenters. The van der Waals surface area contributed by atoms with E-state index in [-0.39, 0.29) is 24.0 Å². The number of piperidine rings is 1. The molecule has 5 nitrogen and oxygen atoms in total. The van der Waals surface area contributed by atoms with Gasteiger partial charge in [0.1, 0.15) is 0 Å². The first-order chi connectivity index (χ1) is 11.8. The zero-order valence-corrected chi connectivity index (χ0v) is 18.3. The van der Waals surface area contributed by atoms with E-state index < -0.39 is 0 Å². The molecule has 0 amide bonds. The van der Waals surface area contributed by atoms with Crippen molar-refractivity contribution in [2.45, 2.75) is 57.5 Å². The van der Waals surface area contributed by atoms with Crippen molar-refractivity contribution in [1.82, 2.24) is 10.2 Å². The van der Waals surface area contributed by atoms with Crippen LogP contribution < -0.4 is 5.32 Å². The first kappa shape index (κ1) is 22.7. The lowest BCUT2D eigenvalue weighted by molar-refractivity contribution is 0.00992. The van der Waals surface area contributed by atoms with E-state index >= 15 is 0 Å². The second-order valence-corrected chi connectivity index (χ2v) is 6.74. The third-order valence-electron chi connectivity index (χ3n) is 4.91. The second-order valence-electron chi connectivity index (χ2n) is 6.74. The minimum absolute atomic E-state index is 0. The average molecular weight is 465 g/mol. The maximum Gasteiger partial charge on any atom is 0.193 e. The summed E-state index contributed by atoms with van der Waals surface area (Å²) < 4.78 is 11.0. The molecule has 0 aromatic rings. The Morgan fingerprint density at radius 1 is 1.28 bits per heavy atom. The Kier molecular flexibility index (Phi) is 12.5. The van der Waals surface area contributed by atoms with Crippen molar-refractivity contribution in [3.8, 4) is 0 Å². The van der Waals surface area contributed by atoms with Gasteiger partial charge in [-0.25, -0.2) is 0 Å². The molecule has 0 aromatic heterocycles. The predicted molar refractivity (Wildman–Crippen MR) is 115 cm³/mol. The van der Waals surface area contributed by atoms with E-state index in [0.717, 1.165) is 64.5 Å². The number of hydrogen-bond acceptors (Lipinski definition) is 3. The number of nitrogens with zero attached hydrogens (tertiary/aromatic N) is 2. The van der Waals surface area contributed by atoms with Crippen molar-refractivity contribution in [3.05, 3.63) is 11.6 Å². The predicted octanol–water partition coefficient (Wildman–Crippen LogP) is 3.59. The molecule has 0 radical (unpaired) electrons. The van der Waals surface area contributed by atoms with E-state index in [2.05, 4.69) is 21.3 Å². The van der Waals surface area contributed by atoms with Crippen LogP contribution >= 0.6 is 24.0 Å². The maximum absolute atomic E-state index is 5.93. The highest BCUT2D eigenvalue weighted by molar-refractivity contribution is 14.0. The summed E-state index contributed by atoms with van der Waals surface area (Å²) >= 11 is 0. The zero-order chi connectivity index (χ0) is 17.0. The number of allylic oxidation sites excluding steroid dienone is 1.